The lowest BCUT2D eigenvalue weighted by molar-refractivity contribution is -0.132. The lowest BCUT2D eigenvalue weighted by Crippen LogP contribution is -2.29. The van der Waals surface area contributed by atoms with Gasteiger partial charge in [-0.2, -0.15) is 0 Å². The molecule has 0 radical (unpaired) electrons. The van der Waals surface area contributed by atoms with E-state index in [1.165, 1.54) is 4.90 Å². The number of aryl methyl sites for hydroxylation is 1. The number of aliphatic hydroxyl groups is 1. The maximum atomic E-state index is 13.3. The van der Waals surface area contributed by atoms with Crippen LogP contribution in [0.25, 0.3) is 5.76 Å². The van der Waals surface area contributed by atoms with Crippen molar-refractivity contribution >= 4 is 46.3 Å². The molecule has 0 aliphatic carbocycles. The molecule has 1 atom stereocenters. The number of carbonyl (C=O) groups is 2. The van der Waals surface area contributed by atoms with E-state index < -0.39 is 17.7 Å². The normalized spacial score (nSPS) is 17.0. The molecule has 1 amide bonds. The van der Waals surface area contributed by atoms with Crippen LogP contribution in [0.5, 0.6) is 5.75 Å². The third-order valence-corrected chi connectivity index (χ3v) is 6.99. The van der Waals surface area contributed by atoms with Crippen molar-refractivity contribution < 1.29 is 19.4 Å². The number of rotatable bonds is 8. The van der Waals surface area contributed by atoms with Gasteiger partial charge in [-0.05, 0) is 66.9 Å². The first-order valence-corrected chi connectivity index (χ1v) is 12.6. The van der Waals surface area contributed by atoms with Gasteiger partial charge in [0, 0.05) is 11.3 Å². The number of carbonyl (C=O) groups excluding carboxylic acids is 2. The molecule has 1 N–H and O–H groups in total. The lowest BCUT2D eigenvalue weighted by Gasteiger charge is -2.27. The van der Waals surface area contributed by atoms with Gasteiger partial charge in [0.15, 0.2) is 0 Å². The van der Waals surface area contributed by atoms with Gasteiger partial charge in [0.2, 0.25) is 0 Å². The minimum absolute atomic E-state index is 0.0111. The highest BCUT2D eigenvalue weighted by Gasteiger charge is 2.47. The number of amides is 1. The molecule has 1 aliphatic rings. The van der Waals surface area contributed by atoms with E-state index in [9.17, 15) is 14.7 Å². The number of halogens is 2. The molecule has 3 aromatic carbocycles. The minimum atomic E-state index is -0.839. The zero-order valence-corrected chi connectivity index (χ0v) is 21.6. The van der Waals surface area contributed by atoms with Crippen molar-refractivity contribution in [2.45, 2.75) is 39.2 Å². The first-order chi connectivity index (χ1) is 17.3. The van der Waals surface area contributed by atoms with Gasteiger partial charge in [-0.1, -0.05) is 67.2 Å². The summed E-state index contributed by atoms with van der Waals surface area (Å²) in [4.78, 5) is 28.0. The van der Waals surface area contributed by atoms with Crippen LogP contribution < -0.4 is 9.64 Å². The average Bonchev–Trinajstić information content (AvgIpc) is 3.14. The Kier molecular flexibility index (Phi) is 8.02. The number of ether oxygens (including phenoxy) is 1. The molecule has 7 heteroatoms. The van der Waals surface area contributed by atoms with Gasteiger partial charge >= 0.3 is 0 Å². The van der Waals surface area contributed by atoms with Crippen LogP contribution in [0.1, 0.15) is 48.9 Å². The second-order valence-corrected chi connectivity index (χ2v) is 9.52. The first-order valence-electron chi connectivity index (χ1n) is 11.9. The van der Waals surface area contributed by atoms with Gasteiger partial charge < -0.3 is 9.84 Å². The summed E-state index contributed by atoms with van der Waals surface area (Å²) in [6.45, 7) is 4.64. The minimum Gasteiger partial charge on any atom is -0.507 e. The maximum absolute atomic E-state index is 13.3. The molecule has 3 aromatic rings. The molecule has 0 spiro atoms. The Morgan fingerprint density at radius 2 is 1.69 bits per heavy atom. The second kappa shape index (κ2) is 11.2. The van der Waals surface area contributed by atoms with Gasteiger partial charge in [-0.15, -0.1) is 0 Å². The molecule has 1 unspecified atom stereocenters. The van der Waals surface area contributed by atoms with Crippen molar-refractivity contribution in [3.63, 3.8) is 0 Å². The van der Waals surface area contributed by atoms with Crippen LogP contribution in [0.2, 0.25) is 10.0 Å². The van der Waals surface area contributed by atoms with Crippen LogP contribution in [0, 0.1) is 6.92 Å². The van der Waals surface area contributed by atoms with Gasteiger partial charge in [0.1, 0.15) is 11.5 Å². The SMILES string of the molecule is CCCCCOc1ccc(/C(O)=C2\C(=O)C(=O)N(c3ccc(Cl)c(Cl)c3)C2c2ccccc2C)cc1. The lowest BCUT2D eigenvalue weighted by atomic mass is 9.92. The molecule has 1 aliphatic heterocycles. The Bertz CT molecular complexity index is 1320. The highest BCUT2D eigenvalue weighted by atomic mass is 35.5. The van der Waals surface area contributed by atoms with Crippen LogP contribution in [-0.2, 0) is 9.59 Å². The van der Waals surface area contributed by atoms with Crippen molar-refractivity contribution in [1.29, 1.82) is 0 Å². The van der Waals surface area contributed by atoms with E-state index in [0.717, 1.165) is 30.4 Å². The summed E-state index contributed by atoms with van der Waals surface area (Å²) >= 11 is 12.3. The number of benzene rings is 3. The summed E-state index contributed by atoms with van der Waals surface area (Å²) in [6, 6.07) is 18.2. The molecule has 0 saturated carbocycles. The van der Waals surface area contributed by atoms with Crippen molar-refractivity contribution in [1.82, 2.24) is 0 Å². The van der Waals surface area contributed by atoms with E-state index in [1.807, 2.05) is 31.2 Å². The number of unbranched alkanes of at least 4 members (excludes halogenated alkanes) is 2. The molecule has 0 aromatic heterocycles. The zero-order valence-electron chi connectivity index (χ0n) is 20.1. The Balaban J connectivity index is 1.78. The molecule has 1 saturated heterocycles. The molecule has 186 valence electrons. The Labute approximate surface area is 220 Å². The quantitative estimate of drug-likeness (QED) is 0.143. The first kappa shape index (κ1) is 25.8. The highest BCUT2D eigenvalue weighted by Crippen LogP contribution is 2.44. The largest absolute Gasteiger partial charge is 0.507 e. The van der Waals surface area contributed by atoms with E-state index in [0.29, 0.717) is 28.6 Å². The van der Waals surface area contributed by atoms with E-state index >= 15 is 0 Å². The van der Waals surface area contributed by atoms with Gasteiger partial charge in [0.25, 0.3) is 11.7 Å². The summed E-state index contributed by atoms with van der Waals surface area (Å²) < 4.78 is 5.76. The van der Waals surface area contributed by atoms with E-state index in [4.69, 9.17) is 27.9 Å². The Morgan fingerprint density at radius 3 is 2.36 bits per heavy atom. The van der Waals surface area contributed by atoms with Crippen LogP contribution in [0.3, 0.4) is 0 Å². The van der Waals surface area contributed by atoms with Gasteiger partial charge in [-0.25, -0.2) is 0 Å². The summed E-state index contributed by atoms with van der Waals surface area (Å²) in [5.74, 6) is -1.10. The monoisotopic (exact) mass is 523 g/mol. The topological polar surface area (TPSA) is 66.8 Å². The van der Waals surface area contributed by atoms with Gasteiger partial charge in [0.05, 0.1) is 28.3 Å². The maximum Gasteiger partial charge on any atom is 0.300 e. The van der Waals surface area contributed by atoms with Crippen molar-refractivity contribution in [2.75, 3.05) is 11.5 Å². The predicted octanol–water partition coefficient (Wildman–Crippen LogP) is 7.50. The fourth-order valence-electron chi connectivity index (χ4n) is 4.33. The smallest absolute Gasteiger partial charge is 0.300 e. The molecular weight excluding hydrogens is 497 g/mol. The number of aliphatic hydroxyl groups excluding tert-OH is 1. The summed E-state index contributed by atoms with van der Waals surface area (Å²) in [7, 11) is 0. The zero-order chi connectivity index (χ0) is 25.8. The van der Waals surface area contributed by atoms with E-state index in [2.05, 4.69) is 6.92 Å². The van der Waals surface area contributed by atoms with Crippen LogP contribution >= 0.6 is 23.2 Å². The molecule has 0 bridgehead atoms. The van der Waals surface area contributed by atoms with Crippen LogP contribution in [-0.4, -0.2) is 23.4 Å². The van der Waals surface area contributed by atoms with E-state index in [1.54, 1.807) is 42.5 Å². The highest BCUT2D eigenvalue weighted by molar-refractivity contribution is 6.52. The second-order valence-electron chi connectivity index (χ2n) is 8.70. The number of Topliss-reactive ketones (excluding diaryl/α,β-unsaturated/α-hetero) is 1. The fraction of sp³-hybridized carbons (Fsp3) is 0.241. The molecule has 4 rings (SSSR count). The number of hydrogen-bond acceptors (Lipinski definition) is 4. The third kappa shape index (κ3) is 5.13. The molecule has 5 nitrogen and oxygen atoms in total. The standard InChI is InChI=1S/C29H27Cl2NO4/c1-3-4-7-16-36-21-13-10-19(11-14-21)27(33)25-26(22-9-6-5-8-18(22)2)32(29(35)28(25)34)20-12-15-23(30)24(31)17-20/h5-6,8-15,17,26,33H,3-4,7,16H2,1-2H3/b27-25+. The molecule has 1 heterocycles. The molecule has 36 heavy (non-hydrogen) atoms. The molecule has 1 fully saturated rings. The van der Waals surface area contributed by atoms with Crippen LogP contribution in [0.15, 0.2) is 72.3 Å². The van der Waals surface area contributed by atoms with E-state index in [-0.39, 0.29) is 16.4 Å². The summed E-state index contributed by atoms with van der Waals surface area (Å²) in [5.41, 5.74) is 2.43. The number of hydrogen-bond donors (Lipinski definition) is 1. The van der Waals surface area contributed by atoms with Gasteiger partial charge in [-0.3, -0.25) is 14.5 Å². The number of ketones is 1. The predicted molar refractivity (Wildman–Crippen MR) is 144 cm³/mol. The van der Waals surface area contributed by atoms with Crippen molar-refractivity contribution in [3.8, 4) is 5.75 Å². The summed E-state index contributed by atoms with van der Waals surface area (Å²) in [5, 5.41) is 11.9. The Morgan fingerprint density at radius 1 is 0.972 bits per heavy atom. The number of nitrogens with zero attached hydrogens (tertiary/aromatic N) is 1. The Hall–Kier alpha value is -3.28. The van der Waals surface area contributed by atoms with Crippen molar-refractivity contribution in [2.24, 2.45) is 0 Å². The number of anilines is 1. The van der Waals surface area contributed by atoms with Crippen LogP contribution in [0.4, 0.5) is 5.69 Å². The van der Waals surface area contributed by atoms with Crippen molar-refractivity contribution in [3.05, 3.63) is 99.0 Å². The summed E-state index contributed by atoms with van der Waals surface area (Å²) in [6.07, 6.45) is 3.17. The fourth-order valence-corrected chi connectivity index (χ4v) is 4.62. The average molecular weight is 524 g/mol. The third-order valence-electron chi connectivity index (χ3n) is 6.25. The molecular formula is C29H27Cl2NO4.